The number of hydrogen-bond acceptors (Lipinski definition) is 5. The highest BCUT2D eigenvalue weighted by Gasteiger charge is 2.25. The van der Waals surface area contributed by atoms with Gasteiger partial charge < -0.3 is 14.2 Å². The Hall–Kier alpha value is -2.29. The first-order valence-corrected chi connectivity index (χ1v) is 8.24. The minimum absolute atomic E-state index is 0.168. The van der Waals surface area contributed by atoms with Crippen molar-refractivity contribution in [2.75, 3.05) is 31.1 Å². The Balaban J connectivity index is 1.75. The van der Waals surface area contributed by atoms with E-state index in [1.807, 2.05) is 4.90 Å². The Morgan fingerprint density at radius 3 is 2.33 bits per heavy atom. The third-order valence-electron chi connectivity index (χ3n) is 4.18. The maximum absolute atomic E-state index is 12.4. The summed E-state index contributed by atoms with van der Waals surface area (Å²) in [6, 6.07) is 4.75. The minimum Gasteiger partial charge on any atom is -0.444 e. The highest BCUT2D eigenvalue weighted by Crippen LogP contribution is 2.18. The molecule has 1 saturated heterocycles. The summed E-state index contributed by atoms with van der Waals surface area (Å²) in [6.07, 6.45) is 0. The Morgan fingerprint density at radius 1 is 1.08 bits per heavy atom. The van der Waals surface area contributed by atoms with Gasteiger partial charge in [-0.15, -0.1) is 0 Å². The molecule has 0 unspecified atom stereocenters. The molecule has 0 saturated carbocycles. The van der Waals surface area contributed by atoms with Crippen LogP contribution in [0.3, 0.4) is 0 Å². The second-order valence-corrected chi connectivity index (χ2v) is 6.41. The van der Waals surface area contributed by atoms with Crippen molar-refractivity contribution in [2.24, 2.45) is 14.1 Å². The lowest BCUT2D eigenvalue weighted by Crippen LogP contribution is -2.51. The van der Waals surface area contributed by atoms with Gasteiger partial charge in [0.05, 0.1) is 0 Å². The first-order chi connectivity index (χ1) is 11.4. The highest BCUT2D eigenvalue weighted by molar-refractivity contribution is 9.10. The standard InChI is InChI=1S/C15H17BrN4O4/c1-17-12(9-13(21)18(2)15(17)23)19-5-7-20(8-6-19)14(22)10-3-4-11(16)24-10/h3-4,9H,5-8H2,1-2H3. The van der Waals surface area contributed by atoms with Crippen LogP contribution in [-0.2, 0) is 14.1 Å². The van der Waals surface area contributed by atoms with Gasteiger partial charge in [-0.1, -0.05) is 0 Å². The van der Waals surface area contributed by atoms with Crippen LogP contribution >= 0.6 is 15.9 Å². The highest BCUT2D eigenvalue weighted by atomic mass is 79.9. The smallest absolute Gasteiger partial charge is 0.332 e. The Labute approximate surface area is 146 Å². The molecule has 0 radical (unpaired) electrons. The first-order valence-electron chi connectivity index (χ1n) is 7.45. The third-order valence-corrected chi connectivity index (χ3v) is 4.60. The molecule has 24 heavy (non-hydrogen) atoms. The number of halogens is 1. The average molecular weight is 397 g/mol. The van der Waals surface area contributed by atoms with E-state index in [4.69, 9.17) is 4.42 Å². The number of amides is 1. The van der Waals surface area contributed by atoms with E-state index in [0.29, 0.717) is 36.7 Å². The summed E-state index contributed by atoms with van der Waals surface area (Å²) in [5.41, 5.74) is -0.705. The van der Waals surface area contributed by atoms with Crippen LogP contribution in [0.5, 0.6) is 0 Å². The fraction of sp³-hybridized carbons (Fsp3) is 0.400. The van der Waals surface area contributed by atoms with Crippen LogP contribution in [-0.4, -0.2) is 46.1 Å². The number of carbonyl (C=O) groups excluding carboxylic acids is 1. The summed E-state index contributed by atoms with van der Waals surface area (Å²) in [6.45, 7) is 2.04. The molecule has 1 fully saturated rings. The zero-order chi connectivity index (χ0) is 17.4. The number of piperazine rings is 1. The molecule has 1 aliphatic rings. The van der Waals surface area contributed by atoms with Gasteiger partial charge in [0.25, 0.3) is 11.5 Å². The van der Waals surface area contributed by atoms with Gasteiger partial charge in [0.15, 0.2) is 10.4 Å². The summed E-state index contributed by atoms with van der Waals surface area (Å²) < 4.78 is 8.32. The Bertz CT molecular complexity index is 890. The minimum atomic E-state index is -0.364. The maximum atomic E-state index is 12.4. The number of rotatable bonds is 2. The van der Waals surface area contributed by atoms with Gasteiger partial charge in [0.1, 0.15) is 5.82 Å². The first kappa shape index (κ1) is 16.6. The van der Waals surface area contributed by atoms with Crippen molar-refractivity contribution in [3.8, 4) is 0 Å². The lowest BCUT2D eigenvalue weighted by Gasteiger charge is -2.36. The molecule has 0 bridgehead atoms. The molecule has 0 atom stereocenters. The summed E-state index contributed by atoms with van der Waals surface area (Å²) in [5.74, 6) is 0.686. The van der Waals surface area contributed by atoms with E-state index < -0.39 is 0 Å². The number of nitrogens with zero attached hydrogens (tertiary/aromatic N) is 4. The third kappa shape index (κ3) is 2.91. The van der Waals surface area contributed by atoms with Crippen LogP contribution in [0.25, 0.3) is 0 Å². The zero-order valence-corrected chi connectivity index (χ0v) is 14.9. The molecule has 2 aromatic rings. The molecule has 1 amide bonds. The van der Waals surface area contributed by atoms with E-state index in [2.05, 4.69) is 15.9 Å². The van der Waals surface area contributed by atoms with E-state index >= 15 is 0 Å². The molecule has 8 nitrogen and oxygen atoms in total. The molecule has 0 N–H and O–H groups in total. The second kappa shape index (κ2) is 6.31. The predicted molar refractivity (Wildman–Crippen MR) is 91.4 cm³/mol. The van der Waals surface area contributed by atoms with Gasteiger partial charge in [-0.05, 0) is 28.1 Å². The van der Waals surface area contributed by atoms with Gasteiger partial charge in [0, 0.05) is 46.3 Å². The number of aromatic nitrogens is 2. The van der Waals surface area contributed by atoms with Crippen molar-refractivity contribution >= 4 is 27.7 Å². The average Bonchev–Trinajstić information content (AvgIpc) is 3.02. The fourth-order valence-electron chi connectivity index (χ4n) is 2.75. The van der Waals surface area contributed by atoms with Crippen LogP contribution in [0.4, 0.5) is 5.82 Å². The Kier molecular flexibility index (Phi) is 4.35. The molecule has 2 aromatic heterocycles. The van der Waals surface area contributed by atoms with Crippen molar-refractivity contribution < 1.29 is 9.21 Å². The van der Waals surface area contributed by atoms with Gasteiger partial charge in [-0.25, -0.2) is 4.79 Å². The van der Waals surface area contributed by atoms with Gasteiger partial charge in [0.2, 0.25) is 0 Å². The quantitative estimate of drug-likeness (QED) is 0.733. The molecule has 0 spiro atoms. The molecule has 1 aliphatic heterocycles. The normalized spacial score (nSPS) is 15.0. The van der Waals surface area contributed by atoms with Gasteiger partial charge in [-0.3, -0.25) is 18.7 Å². The molecule has 3 rings (SSSR count). The summed E-state index contributed by atoms with van der Waals surface area (Å²) >= 11 is 3.18. The van der Waals surface area contributed by atoms with Crippen LogP contribution < -0.4 is 16.1 Å². The molecular weight excluding hydrogens is 380 g/mol. The van der Waals surface area contributed by atoms with Gasteiger partial charge >= 0.3 is 5.69 Å². The number of hydrogen-bond donors (Lipinski definition) is 0. The molecule has 0 aromatic carbocycles. The lowest BCUT2D eigenvalue weighted by molar-refractivity contribution is 0.0713. The van der Waals surface area contributed by atoms with E-state index in [1.165, 1.54) is 17.7 Å². The monoisotopic (exact) mass is 396 g/mol. The number of furan rings is 1. The summed E-state index contributed by atoms with van der Waals surface area (Å²) in [7, 11) is 3.08. The van der Waals surface area contributed by atoms with Gasteiger partial charge in [-0.2, -0.15) is 0 Å². The molecule has 128 valence electrons. The lowest BCUT2D eigenvalue weighted by atomic mass is 10.2. The van der Waals surface area contributed by atoms with Crippen molar-refractivity contribution in [3.63, 3.8) is 0 Å². The van der Waals surface area contributed by atoms with Crippen molar-refractivity contribution in [1.29, 1.82) is 0 Å². The summed E-state index contributed by atoms with van der Waals surface area (Å²) in [5, 5.41) is 0. The SMILES string of the molecule is Cn1c(N2CCN(C(=O)c3ccc(Br)o3)CC2)cc(=O)n(C)c1=O. The van der Waals surface area contributed by atoms with E-state index in [0.717, 1.165) is 4.57 Å². The molecule has 9 heteroatoms. The molecular formula is C15H17BrN4O4. The van der Waals surface area contributed by atoms with Crippen molar-refractivity contribution in [3.05, 3.63) is 49.5 Å². The maximum Gasteiger partial charge on any atom is 0.332 e. The number of anilines is 1. The topological polar surface area (TPSA) is 80.7 Å². The van der Waals surface area contributed by atoms with Crippen molar-refractivity contribution in [1.82, 2.24) is 14.0 Å². The second-order valence-electron chi connectivity index (χ2n) is 5.62. The summed E-state index contributed by atoms with van der Waals surface area (Å²) in [4.78, 5) is 39.9. The van der Waals surface area contributed by atoms with Crippen LogP contribution in [0, 0.1) is 0 Å². The van der Waals surface area contributed by atoms with E-state index in [-0.39, 0.29) is 22.9 Å². The van der Waals surface area contributed by atoms with Crippen molar-refractivity contribution in [2.45, 2.75) is 0 Å². The van der Waals surface area contributed by atoms with E-state index in [9.17, 15) is 14.4 Å². The molecule has 3 heterocycles. The van der Waals surface area contributed by atoms with Crippen LogP contribution in [0.1, 0.15) is 10.6 Å². The molecule has 0 aliphatic carbocycles. The Morgan fingerprint density at radius 2 is 1.75 bits per heavy atom. The number of carbonyl (C=O) groups is 1. The van der Waals surface area contributed by atoms with E-state index in [1.54, 1.807) is 24.1 Å². The predicted octanol–water partition coefficient (Wildman–Crippen LogP) is 0.402. The largest absolute Gasteiger partial charge is 0.444 e. The van der Waals surface area contributed by atoms with Crippen LogP contribution in [0.15, 0.2) is 36.9 Å². The van der Waals surface area contributed by atoms with Crippen LogP contribution in [0.2, 0.25) is 0 Å². The zero-order valence-electron chi connectivity index (χ0n) is 13.4. The fourth-order valence-corrected chi connectivity index (χ4v) is 3.06.